The van der Waals surface area contributed by atoms with Gasteiger partial charge in [0.2, 0.25) is 0 Å². The number of aromatic nitrogens is 3. The fraction of sp³-hybridized carbons (Fsp3) is 0.500. The lowest BCUT2D eigenvalue weighted by Gasteiger charge is -2.39. The molecule has 2 N–H and O–H groups in total. The Kier molecular flexibility index (Phi) is 12.8. The van der Waals surface area contributed by atoms with Crippen molar-refractivity contribution in [3.8, 4) is 22.7 Å². The average molecular weight is 564 g/mol. The van der Waals surface area contributed by atoms with Crippen molar-refractivity contribution in [3.05, 3.63) is 59.5 Å². The van der Waals surface area contributed by atoms with Gasteiger partial charge in [-0.2, -0.15) is 17.7 Å². The molecular weight excluding hydrogens is 526 g/mol. The Hall–Kier alpha value is -2.07. The highest BCUT2D eigenvalue weighted by Gasteiger charge is 2.34. The van der Waals surface area contributed by atoms with Gasteiger partial charge in [0, 0.05) is 47.4 Å². The number of rotatable bonds is 9. The number of hydrogen-bond acceptors (Lipinski definition) is 7. The number of piperidine rings is 1. The number of pyridine rings is 1. The van der Waals surface area contributed by atoms with Crippen molar-refractivity contribution in [3.63, 3.8) is 0 Å². The van der Waals surface area contributed by atoms with Gasteiger partial charge in [0.25, 0.3) is 0 Å². The Morgan fingerprint density at radius 3 is 2.44 bits per heavy atom. The summed E-state index contributed by atoms with van der Waals surface area (Å²) >= 11 is 3.53. The zero-order valence-corrected chi connectivity index (χ0v) is 24.3. The van der Waals surface area contributed by atoms with Crippen LogP contribution in [0.4, 0.5) is 0 Å². The van der Waals surface area contributed by atoms with E-state index in [9.17, 15) is 10.2 Å². The van der Waals surface area contributed by atoms with Gasteiger partial charge >= 0.3 is 0 Å². The van der Waals surface area contributed by atoms with Crippen LogP contribution >= 0.6 is 12.6 Å². The van der Waals surface area contributed by atoms with E-state index in [1.54, 1.807) is 36.2 Å². The van der Waals surface area contributed by atoms with Crippen LogP contribution in [-0.2, 0) is 11.7 Å². The van der Waals surface area contributed by atoms with E-state index >= 15 is 0 Å². The van der Waals surface area contributed by atoms with E-state index in [0.29, 0.717) is 24.5 Å². The van der Waals surface area contributed by atoms with Gasteiger partial charge in [0.1, 0.15) is 21.4 Å². The second kappa shape index (κ2) is 14.9. The Labute approximate surface area is 257 Å². The topological polar surface area (TPSA) is 83.6 Å². The van der Waals surface area contributed by atoms with E-state index in [0.717, 1.165) is 47.6 Å². The Bertz CT molecular complexity index is 1250. The number of thiol groups is 1. The summed E-state index contributed by atoms with van der Waals surface area (Å²) in [5.74, 6) is -0.443. The molecule has 1 unspecified atom stereocenters. The summed E-state index contributed by atoms with van der Waals surface area (Å²) in [7, 11) is 28.7. The van der Waals surface area contributed by atoms with Crippen LogP contribution in [0.3, 0.4) is 0 Å². The highest BCUT2D eigenvalue weighted by Crippen LogP contribution is 2.32. The summed E-state index contributed by atoms with van der Waals surface area (Å²) in [4.78, 5) is 6.52. The summed E-state index contributed by atoms with van der Waals surface area (Å²) < 4.78 is 7.56. The zero-order valence-electron chi connectivity index (χ0n) is 23.4. The van der Waals surface area contributed by atoms with Crippen LogP contribution in [0, 0.1) is 12.8 Å². The summed E-state index contributed by atoms with van der Waals surface area (Å²) in [5.41, 5.74) is 3.36. The van der Waals surface area contributed by atoms with Crippen LogP contribution in [0.2, 0.25) is 0 Å². The normalized spacial score (nSPS) is 17.2. The van der Waals surface area contributed by atoms with Crippen LogP contribution in [0.25, 0.3) is 16.9 Å². The van der Waals surface area contributed by atoms with Crippen molar-refractivity contribution in [2.45, 2.75) is 57.3 Å². The maximum Gasteiger partial charge on any atom is 0.122 e. The summed E-state index contributed by atoms with van der Waals surface area (Å²) in [6.45, 7) is 5.50. The molecule has 0 spiro atoms. The van der Waals surface area contributed by atoms with Gasteiger partial charge in [0.15, 0.2) is 0 Å². The van der Waals surface area contributed by atoms with Crippen molar-refractivity contribution in [2.75, 3.05) is 26.0 Å². The van der Waals surface area contributed by atoms with Crippen molar-refractivity contribution < 1.29 is 14.9 Å². The molecule has 1 aromatic carbocycles. The molecule has 10 radical (unpaired) electrons. The fourth-order valence-electron chi connectivity index (χ4n) is 4.82. The van der Waals surface area contributed by atoms with Gasteiger partial charge in [0.05, 0.1) is 53.3 Å². The molecule has 3 aromatic rings. The third-order valence-corrected chi connectivity index (χ3v) is 7.05. The number of benzene rings is 1. The molecule has 0 amide bonds. The summed E-state index contributed by atoms with van der Waals surface area (Å²) in [6.07, 6.45) is 5.11. The Balaban J connectivity index is 0.00000192. The van der Waals surface area contributed by atoms with Gasteiger partial charge in [-0.3, -0.25) is 9.88 Å². The first-order chi connectivity index (χ1) is 18.9. The van der Waals surface area contributed by atoms with Crippen LogP contribution in [0.5, 0.6) is 5.75 Å². The number of aliphatic hydroxyl groups excluding tert-OH is 1. The second-order valence-corrected chi connectivity index (χ2v) is 10.4. The van der Waals surface area contributed by atoms with Gasteiger partial charge < -0.3 is 14.9 Å². The number of likely N-dealkylation sites (tertiary alicyclic amines) is 1. The maximum absolute atomic E-state index is 10.6. The largest absolute Gasteiger partial charge is 0.510 e. The molecule has 0 saturated carbocycles. The standard InChI is InChI=1S/C26H29B5N4O3.CH4S.CH4/c1-16-10-21(33-35(16)20-7-8-23(32-12-20)26(29,30)31)17-5-6-18(22(11-17)38-24(27)28)13-34-9-3-4-19(14-34)25(2,37)15-36;1-2;/h5-8,10-12,19,24,36-37H,3-4,9,13-15H2,1-2H3;2H,1H3;1H4/t19?,25-;;/m1../s1. The monoisotopic (exact) mass is 564 g/mol. The first-order valence-electron chi connectivity index (χ1n) is 13.1. The molecule has 13 heteroatoms. The van der Waals surface area contributed by atoms with Crippen molar-refractivity contribution in [1.29, 1.82) is 0 Å². The van der Waals surface area contributed by atoms with Crippen LogP contribution < -0.4 is 4.74 Å². The number of ether oxygens (including phenoxy) is 1. The first-order valence-corrected chi connectivity index (χ1v) is 14.0. The van der Waals surface area contributed by atoms with Gasteiger partial charge in [-0.15, -0.1) is 0 Å². The molecule has 1 aliphatic heterocycles. The smallest absolute Gasteiger partial charge is 0.122 e. The molecule has 4 rings (SSSR count). The minimum absolute atomic E-state index is 0. The highest BCUT2D eigenvalue weighted by molar-refractivity contribution is 7.79. The third-order valence-electron chi connectivity index (χ3n) is 7.05. The lowest BCUT2D eigenvalue weighted by molar-refractivity contribution is -0.0697. The van der Waals surface area contributed by atoms with E-state index in [-0.39, 0.29) is 20.0 Å². The van der Waals surface area contributed by atoms with E-state index in [1.165, 1.54) is 0 Å². The van der Waals surface area contributed by atoms with Gasteiger partial charge in [-0.25, -0.2) is 4.68 Å². The second-order valence-electron chi connectivity index (χ2n) is 10.4. The van der Waals surface area contributed by atoms with E-state index in [2.05, 4.69) is 22.5 Å². The van der Waals surface area contributed by atoms with Crippen LogP contribution in [0.15, 0.2) is 42.6 Å². The molecule has 1 saturated heterocycles. The molecule has 1 fully saturated rings. The number of hydrogen-bond donors (Lipinski definition) is 3. The molecule has 208 valence electrons. The molecule has 3 heterocycles. The zero-order chi connectivity index (χ0) is 29.7. The molecule has 0 bridgehead atoms. The van der Waals surface area contributed by atoms with E-state index < -0.39 is 16.6 Å². The average Bonchev–Trinajstić information content (AvgIpc) is 3.31. The quantitative estimate of drug-likeness (QED) is 0.273. The minimum atomic E-state index is -1.52. The maximum atomic E-state index is 10.6. The van der Waals surface area contributed by atoms with Crippen molar-refractivity contribution in [1.82, 2.24) is 19.7 Å². The van der Waals surface area contributed by atoms with Crippen LogP contribution in [-0.4, -0.2) is 107 Å². The third kappa shape index (κ3) is 8.96. The Morgan fingerprint density at radius 1 is 1.15 bits per heavy atom. The number of nitrogens with zero attached hydrogens (tertiary/aromatic N) is 4. The minimum Gasteiger partial charge on any atom is -0.510 e. The molecule has 2 aromatic heterocycles. The lowest BCUT2D eigenvalue weighted by atomic mass is 9.41. The predicted octanol–water partition coefficient (Wildman–Crippen LogP) is 2.00. The van der Waals surface area contributed by atoms with Crippen LogP contribution in [0.1, 0.15) is 44.1 Å². The first kappa shape index (κ1) is 35.1. The molecule has 0 aliphatic carbocycles. The molecule has 1 aliphatic rings. The fourth-order valence-corrected chi connectivity index (χ4v) is 4.82. The van der Waals surface area contributed by atoms with E-state index in [4.69, 9.17) is 49.1 Å². The molecule has 41 heavy (non-hydrogen) atoms. The molecule has 2 atom stereocenters. The summed E-state index contributed by atoms with van der Waals surface area (Å²) in [6, 6.07) is 11.3. The van der Waals surface area contributed by atoms with Crippen molar-refractivity contribution in [2.24, 2.45) is 5.92 Å². The predicted molar refractivity (Wildman–Crippen MR) is 174 cm³/mol. The summed E-state index contributed by atoms with van der Waals surface area (Å²) in [5, 5.41) is 23.4. The molecule has 7 nitrogen and oxygen atoms in total. The lowest BCUT2D eigenvalue weighted by Crippen LogP contribution is -2.47. The Morgan fingerprint density at radius 2 is 1.85 bits per heavy atom. The number of aryl methyl sites for hydroxylation is 1. The van der Waals surface area contributed by atoms with Gasteiger partial charge in [-0.05, 0) is 63.8 Å². The SMILES string of the molecule is C.CS.[B]C([B])Oc1cc(-c2cc(C)n(-c3ccc(C([B])([B])[B])nc3)n2)ccc1CN1CCCC([C@](C)(O)CO)C1. The van der Waals surface area contributed by atoms with E-state index in [1.807, 2.05) is 31.2 Å². The highest BCUT2D eigenvalue weighted by atomic mass is 32.1. The molecular formula is C28H37B5N4O3S. The van der Waals surface area contributed by atoms with Crippen molar-refractivity contribution >= 4 is 51.9 Å². The number of aliphatic hydroxyl groups is 2. The van der Waals surface area contributed by atoms with Gasteiger partial charge in [-0.1, -0.05) is 24.7 Å².